The summed E-state index contributed by atoms with van der Waals surface area (Å²) in [6.45, 7) is 9.79. The van der Waals surface area contributed by atoms with Crippen LogP contribution in [0.4, 0.5) is 9.59 Å². The Hall–Kier alpha value is -3.16. The smallest absolute Gasteiger partial charge is 0.415 e. The van der Waals surface area contributed by atoms with Gasteiger partial charge in [0.25, 0.3) is 0 Å². The summed E-state index contributed by atoms with van der Waals surface area (Å²) in [4.78, 5) is 29.3. The number of unbranched alkanes of at least 4 members (excludes halogenated alkanes) is 6. The Morgan fingerprint density at radius 3 is 1.34 bits per heavy atom. The van der Waals surface area contributed by atoms with Crippen LogP contribution in [0, 0.1) is 0 Å². The molecule has 2 aromatic carbocycles. The molecule has 0 atom stereocenters. The number of hydrogen-bond donors (Lipinski definition) is 0. The van der Waals surface area contributed by atoms with E-state index in [2.05, 4.69) is 13.8 Å². The summed E-state index contributed by atoms with van der Waals surface area (Å²) >= 11 is 0. The van der Waals surface area contributed by atoms with Crippen molar-refractivity contribution in [1.82, 2.24) is 9.80 Å². The molecule has 8 heteroatoms. The molecule has 8 nitrogen and oxygen atoms in total. The van der Waals surface area contributed by atoms with Gasteiger partial charge >= 0.3 is 12.2 Å². The molecule has 0 aliphatic carbocycles. The molecule has 2 amide bonds. The van der Waals surface area contributed by atoms with Gasteiger partial charge in [0.2, 0.25) is 11.5 Å². The predicted octanol–water partition coefficient (Wildman–Crippen LogP) is 7.66. The standard InChI is InChI=1S/C30H46N2O6/c1-7-11-13-17-21-31(5)29(33)37-25-23-19-15-16-20-24(23)26(28(36-10-4)27(25)35-9-3)38-30(34)32(6)22-18-14-12-8-2/h15-16,19-20H,7-14,17-18,21-22H2,1-6H3. The van der Waals surface area contributed by atoms with E-state index >= 15 is 0 Å². The first kappa shape index (κ1) is 31.1. The van der Waals surface area contributed by atoms with Crippen molar-refractivity contribution in [3.63, 3.8) is 0 Å². The minimum atomic E-state index is -0.480. The average molecular weight is 531 g/mol. The Labute approximate surface area is 228 Å². The molecule has 0 heterocycles. The molecule has 0 aliphatic heterocycles. The molecule has 212 valence electrons. The van der Waals surface area contributed by atoms with Gasteiger partial charge in [-0.3, -0.25) is 0 Å². The monoisotopic (exact) mass is 530 g/mol. The lowest BCUT2D eigenvalue weighted by molar-refractivity contribution is 0.156. The fourth-order valence-electron chi connectivity index (χ4n) is 4.15. The topological polar surface area (TPSA) is 77.5 Å². The maximum absolute atomic E-state index is 13.1. The van der Waals surface area contributed by atoms with Crippen molar-refractivity contribution in [2.24, 2.45) is 0 Å². The summed E-state index contributed by atoms with van der Waals surface area (Å²) in [5, 5.41) is 1.20. The van der Waals surface area contributed by atoms with Crippen molar-refractivity contribution in [2.45, 2.75) is 79.1 Å². The Balaban J connectivity index is 2.45. The first-order chi connectivity index (χ1) is 18.4. The minimum Gasteiger partial charge on any atom is -0.487 e. The van der Waals surface area contributed by atoms with Gasteiger partial charge in [-0.2, -0.15) is 0 Å². The number of benzene rings is 2. The molecule has 0 saturated heterocycles. The molecule has 0 radical (unpaired) electrons. The predicted molar refractivity (Wildman–Crippen MR) is 152 cm³/mol. The Bertz CT molecular complexity index is 945. The molecule has 0 bridgehead atoms. The van der Waals surface area contributed by atoms with E-state index in [4.69, 9.17) is 18.9 Å². The lowest BCUT2D eigenvalue weighted by Gasteiger charge is -2.24. The van der Waals surface area contributed by atoms with Crippen LogP contribution in [0.3, 0.4) is 0 Å². The Kier molecular flexibility index (Phi) is 13.6. The van der Waals surface area contributed by atoms with Gasteiger partial charge in [-0.25, -0.2) is 9.59 Å². The summed E-state index contributed by atoms with van der Waals surface area (Å²) in [5.41, 5.74) is 0. The van der Waals surface area contributed by atoms with E-state index in [9.17, 15) is 9.59 Å². The van der Waals surface area contributed by atoms with Gasteiger partial charge < -0.3 is 28.7 Å². The van der Waals surface area contributed by atoms with Crippen LogP contribution < -0.4 is 18.9 Å². The zero-order chi connectivity index (χ0) is 27.9. The summed E-state index contributed by atoms with van der Waals surface area (Å²) < 4.78 is 23.8. The first-order valence-electron chi connectivity index (χ1n) is 14.1. The summed E-state index contributed by atoms with van der Waals surface area (Å²) in [7, 11) is 3.46. The van der Waals surface area contributed by atoms with Crippen molar-refractivity contribution < 1.29 is 28.5 Å². The number of fused-ring (bicyclic) bond motifs is 1. The summed E-state index contributed by atoms with van der Waals surface area (Å²) in [6.07, 6.45) is 7.49. The van der Waals surface area contributed by atoms with Gasteiger partial charge in [0.05, 0.1) is 13.2 Å². The molecular formula is C30H46N2O6. The number of carbonyl (C=O) groups excluding carboxylic acids is 2. The van der Waals surface area contributed by atoms with Gasteiger partial charge in [-0.05, 0) is 26.7 Å². The van der Waals surface area contributed by atoms with E-state index in [0.717, 1.165) is 51.4 Å². The van der Waals surface area contributed by atoms with Crippen LogP contribution >= 0.6 is 0 Å². The van der Waals surface area contributed by atoms with Crippen LogP contribution in [0.15, 0.2) is 24.3 Å². The van der Waals surface area contributed by atoms with Crippen molar-refractivity contribution in [1.29, 1.82) is 0 Å². The highest BCUT2D eigenvalue weighted by Gasteiger charge is 2.28. The van der Waals surface area contributed by atoms with Gasteiger partial charge in [0.1, 0.15) is 0 Å². The SMILES string of the molecule is CCCCCCN(C)C(=O)Oc1c(OCC)c(OCC)c(OC(=O)N(C)CCCCCC)c2ccccc12. The zero-order valence-corrected chi connectivity index (χ0v) is 24.1. The van der Waals surface area contributed by atoms with Crippen molar-refractivity contribution in [3.8, 4) is 23.0 Å². The first-order valence-corrected chi connectivity index (χ1v) is 14.1. The maximum Gasteiger partial charge on any atom is 0.415 e. The van der Waals surface area contributed by atoms with E-state index in [1.807, 2.05) is 38.1 Å². The van der Waals surface area contributed by atoms with Crippen LogP contribution in [0.1, 0.15) is 79.1 Å². The Morgan fingerprint density at radius 2 is 1.00 bits per heavy atom. The molecule has 0 N–H and O–H groups in total. The number of amides is 2. The van der Waals surface area contributed by atoms with Crippen molar-refractivity contribution in [3.05, 3.63) is 24.3 Å². The maximum atomic E-state index is 13.1. The summed E-state index contributed by atoms with van der Waals surface area (Å²) in [5.74, 6) is 0.997. The van der Waals surface area contributed by atoms with Crippen LogP contribution in [-0.2, 0) is 0 Å². The fraction of sp³-hybridized carbons (Fsp3) is 0.600. The summed E-state index contributed by atoms with van der Waals surface area (Å²) in [6, 6.07) is 7.33. The zero-order valence-electron chi connectivity index (χ0n) is 24.1. The fourth-order valence-corrected chi connectivity index (χ4v) is 4.15. The van der Waals surface area contributed by atoms with Crippen LogP contribution in [0.2, 0.25) is 0 Å². The van der Waals surface area contributed by atoms with Gasteiger partial charge in [-0.15, -0.1) is 0 Å². The normalized spacial score (nSPS) is 10.8. The van der Waals surface area contributed by atoms with E-state index in [0.29, 0.717) is 37.1 Å². The third-order valence-electron chi connectivity index (χ3n) is 6.31. The molecule has 2 aromatic rings. The molecule has 2 rings (SSSR count). The lowest BCUT2D eigenvalue weighted by atomic mass is 10.1. The quantitative estimate of drug-likeness (QED) is 0.207. The van der Waals surface area contributed by atoms with E-state index in [1.165, 1.54) is 0 Å². The highest BCUT2D eigenvalue weighted by molar-refractivity contribution is 6.01. The third-order valence-corrected chi connectivity index (χ3v) is 6.31. The molecule has 0 saturated carbocycles. The van der Waals surface area contributed by atoms with Crippen molar-refractivity contribution in [2.75, 3.05) is 40.4 Å². The second kappa shape index (κ2) is 16.6. The molecule has 0 fully saturated rings. The van der Waals surface area contributed by atoms with Gasteiger partial charge in [0, 0.05) is 38.0 Å². The van der Waals surface area contributed by atoms with E-state index in [-0.39, 0.29) is 23.0 Å². The highest BCUT2D eigenvalue weighted by Crippen LogP contribution is 2.51. The molecule has 0 spiro atoms. The van der Waals surface area contributed by atoms with Crippen LogP contribution in [0.25, 0.3) is 10.8 Å². The number of rotatable bonds is 16. The lowest BCUT2D eigenvalue weighted by Crippen LogP contribution is -2.31. The number of nitrogens with zero attached hydrogens (tertiary/aromatic N) is 2. The van der Waals surface area contributed by atoms with Gasteiger partial charge in [0.15, 0.2) is 11.5 Å². The number of carbonyl (C=O) groups is 2. The van der Waals surface area contributed by atoms with Crippen LogP contribution in [-0.4, -0.2) is 62.4 Å². The molecule has 38 heavy (non-hydrogen) atoms. The van der Waals surface area contributed by atoms with E-state index < -0.39 is 12.2 Å². The average Bonchev–Trinajstić information content (AvgIpc) is 2.92. The Morgan fingerprint density at radius 1 is 0.605 bits per heavy atom. The van der Waals surface area contributed by atoms with Crippen LogP contribution in [0.5, 0.6) is 23.0 Å². The molecular weight excluding hydrogens is 484 g/mol. The largest absolute Gasteiger partial charge is 0.487 e. The van der Waals surface area contributed by atoms with Gasteiger partial charge in [-0.1, -0.05) is 76.6 Å². The molecule has 0 unspecified atom stereocenters. The third kappa shape index (κ3) is 8.71. The van der Waals surface area contributed by atoms with E-state index in [1.54, 1.807) is 23.9 Å². The number of hydrogen-bond acceptors (Lipinski definition) is 6. The number of ether oxygens (including phenoxy) is 4. The second-order valence-electron chi connectivity index (χ2n) is 9.43. The highest BCUT2D eigenvalue weighted by atomic mass is 16.6. The van der Waals surface area contributed by atoms with Crippen molar-refractivity contribution >= 4 is 23.0 Å². The molecule has 0 aliphatic rings. The minimum absolute atomic E-state index is 0.245. The molecule has 0 aromatic heterocycles. The second-order valence-corrected chi connectivity index (χ2v) is 9.43.